The monoisotopic (exact) mass is 500 g/mol. The Balaban J connectivity index is 1.41. The number of anilines is 1. The zero-order valence-electron chi connectivity index (χ0n) is 19.7. The summed E-state index contributed by atoms with van der Waals surface area (Å²) in [4.78, 5) is 9.48. The number of aromatic nitrogens is 5. The van der Waals surface area contributed by atoms with Crippen molar-refractivity contribution in [3.63, 3.8) is 0 Å². The van der Waals surface area contributed by atoms with Gasteiger partial charge in [0.05, 0.1) is 12.1 Å². The Labute approximate surface area is 208 Å². The van der Waals surface area contributed by atoms with Gasteiger partial charge in [-0.1, -0.05) is 54.2 Å². The van der Waals surface area contributed by atoms with Crippen LogP contribution >= 0.6 is 11.8 Å². The summed E-state index contributed by atoms with van der Waals surface area (Å²) < 4.78 is 7.30. The van der Waals surface area contributed by atoms with Gasteiger partial charge >= 0.3 is 0 Å². The second kappa shape index (κ2) is 10.8. The van der Waals surface area contributed by atoms with Gasteiger partial charge in [-0.2, -0.15) is 0 Å². The number of hydrogen-bond acceptors (Lipinski definition) is 10. The molecule has 0 amide bonds. The van der Waals surface area contributed by atoms with Gasteiger partial charge in [0, 0.05) is 37.3 Å². The zero-order valence-corrected chi connectivity index (χ0v) is 20.5. The summed E-state index contributed by atoms with van der Waals surface area (Å²) in [6.07, 6.45) is 0.184. The summed E-state index contributed by atoms with van der Waals surface area (Å²) in [5.74, 6) is 1.95. The van der Waals surface area contributed by atoms with Crippen LogP contribution in [0.3, 0.4) is 0 Å². The third-order valence-electron chi connectivity index (χ3n) is 6.63. The summed E-state index contributed by atoms with van der Waals surface area (Å²) in [5, 5.41) is 43.2. The maximum atomic E-state index is 10.8. The molecule has 2 aliphatic carbocycles. The summed E-state index contributed by atoms with van der Waals surface area (Å²) in [5.41, 5.74) is 2.39. The molecule has 2 fully saturated rings. The van der Waals surface area contributed by atoms with Crippen LogP contribution in [-0.2, 0) is 4.74 Å². The maximum absolute atomic E-state index is 10.8. The van der Waals surface area contributed by atoms with E-state index in [4.69, 9.17) is 19.8 Å². The van der Waals surface area contributed by atoms with E-state index in [2.05, 4.69) is 46.8 Å². The number of rotatable bonds is 11. The molecule has 0 spiro atoms. The number of fused-ring (bicyclic) bond motifs is 1. The number of aliphatic hydroxyl groups is 3. The fraction of sp³-hybridized carbons (Fsp3) is 0.583. The fourth-order valence-corrected chi connectivity index (χ4v) is 5.36. The molecule has 6 atom stereocenters. The van der Waals surface area contributed by atoms with Crippen LogP contribution in [0.2, 0.25) is 0 Å². The summed E-state index contributed by atoms with van der Waals surface area (Å²) in [7, 11) is 0. The van der Waals surface area contributed by atoms with Crippen LogP contribution < -0.4 is 5.32 Å². The van der Waals surface area contributed by atoms with Crippen molar-refractivity contribution < 1.29 is 20.1 Å². The smallest absolute Gasteiger partial charge is 0.191 e. The Bertz CT molecular complexity index is 1130. The van der Waals surface area contributed by atoms with Crippen molar-refractivity contribution in [1.29, 1.82) is 0 Å². The molecule has 0 bridgehead atoms. The van der Waals surface area contributed by atoms with Crippen molar-refractivity contribution >= 4 is 28.7 Å². The van der Waals surface area contributed by atoms with Crippen LogP contribution in [-0.4, -0.2) is 83.6 Å². The first-order valence-corrected chi connectivity index (χ1v) is 13.2. The molecule has 4 N–H and O–H groups in total. The second-order valence-electron chi connectivity index (χ2n) is 9.18. The largest absolute Gasteiger partial charge is 0.396 e. The highest BCUT2D eigenvalue weighted by Gasteiger charge is 2.45. The minimum Gasteiger partial charge on any atom is -0.396 e. The lowest BCUT2D eigenvalue weighted by Gasteiger charge is -2.17. The van der Waals surface area contributed by atoms with Crippen molar-refractivity contribution in [2.24, 2.45) is 0 Å². The quantitative estimate of drug-likeness (QED) is 0.176. The molecule has 2 heterocycles. The van der Waals surface area contributed by atoms with Crippen molar-refractivity contribution in [2.45, 2.75) is 74.1 Å². The van der Waals surface area contributed by atoms with Crippen LogP contribution in [0.25, 0.3) is 11.2 Å². The molecule has 0 aliphatic heterocycles. The van der Waals surface area contributed by atoms with E-state index in [1.54, 1.807) is 16.4 Å². The van der Waals surface area contributed by atoms with E-state index in [1.165, 1.54) is 5.56 Å². The molecule has 6 unspecified atom stereocenters. The van der Waals surface area contributed by atoms with E-state index in [1.807, 2.05) is 6.07 Å². The molecule has 0 saturated heterocycles. The lowest BCUT2D eigenvalue weighted by molar-refractivity contribution is -0.0586. The lowest BCUT2D eigenvalue weighted by atomic mass is 10.1. The van der Waals surface area contributed by atoms with Gasteiger partial charge in [0.15, 0.2) is 22.1 Å². The SMILES string of the molecule is CCCSc1nc(NC2CC2c2ccccc2)c2nnn(C3CC(OCCCO)C(O)C3O)c2n1. The molecule has 35 heavy (non-hydrogen) atoms. The minimum absolute atomic E-state index is 0.0134. The van der Waals surface area contributed by atoms with Gasteiger partial charge in [0.2, 0.25) is 0 Å². The van der Waals surface area contributed by atoms with Gasteiger partial charge in [-0.25, -0.2) is 14.6 Å². The van der Waals surface area contributed by atoms with Crippen LogP contribution in [0, 0.1) is 0 Å². The van der Waals surface area contributed by atoms with Crippen molar-refractivity contribution in [1.82, 2.24) is 25.0 Å². The van der Waals surface area contributed by atoms with Crippen LogP contribution in [0.1, 0.15) is 50.1 Å². The molecular formula is C24H32N6O4S. The van der Waals surface area contributed by atoms with E-state index in [0.717, 1.165) is 18.6 Å². The molecule has 5 rings (SSSR count). The molecule has 188 valence electrons. The number of thioether (sulfide) groups is 1. The van der Waals surface area contributed by atoms with Crippen molar-refractivity contribution in [2.75, 3.05) is 24.3 Å². The molecule has 11 heteroatoms. The van der Waals surface area contributed by atoms with Crippen molar-refractivity contribution in [3.05, 3.63) is 35.9 Å². The Kier molecular flexibility index (Phi) is 7.49. The number of benzene rings is 1. The van der Waals surface area contributed by atoms with Crippen LogP contribution in [0.15, 0.2) is 35.5 Å². The third-order valence-corrected chi connectivity index (χ3v) is 7.68. The van der Waals surface area contributed by atoms with E-state index in [0.29, 0.717) is 47.5 Å². The van der Waals surface area contributed by atoms with Gasteiger partial charge in [0.1, 0.15) is 12.2 Å². The molecule has 2 aliphatic rings. The Morgan fingerprint density at radius 2 is 1.97 bits per heavy atom. The van der Waals surface area contributed by atoms with Gasteiger partial charge < -0.3 is 25.4 Å². The molecule has 1 aromatic carbocycles. The fourth-order valence-electron chi connectivity index (χ4n) is 4.67. The van der Waals surface area contributed by atoms with Crippen molar-refractivity contribution in [3.8, 4) is 0 Å². The number of aliphatic hydroxyl groups excluding tert-OH is 3. The highest BCUT2D eigenvalue weighted by Crippen LogP contribution is 2.43. The molecule has 3 aromatic rings. The van der Waals surface area contributed by atoms with Gasteiger partial charge in [-0.3, -0.25) is 0 Å². The Morgan fingerprint density at radius 1 is 1.14 bits per heavy atom. The van der Waals surface area contributed by atoms with E-state index < -0.39 is 24.4 Å². The standard InChI is InChI=1S/C24H32N6O4S/c1-2-11-35-24-26-22(25-16-12-15(16)14-7-4-3-5-8-14)19-23(27-24)30(29-28-19)17-13-18(21(33)20(17)32)34-10-6-9-31/h3-5,7-8,15-18,20-21,31-33H,2,6,9-13H2,1H3,(H,25,26,27). The van der Waals surface area contributed by atoms with E-state index in [-0.39, 0.29) is 12.6 Å². The Hall–Kier alpha value is -2.31. The first-order valence-electron chi connectivity index (χ1n) is 12.3. The second-order valence-corrected chi connectivity index (χ2v) is 10.2. The summed E-state index contributed by atoms with van der Waals surface area (Å²) >= 11 is 1.57. The zero-order chi connectivity index (χ0) is 24.4. The third kappa shape index (κ3) is 5.14. The first kappa shape index (κ1) is 24.4. The number of ether oxygens (including phenoxy) is 1. The number of nitrogens with zero attached hydrogens (tertiary/aromatic N) is 5. The van der Waals surface area contributed by atoms with Crippen LogP contribution in [0.4, 0.5) is 5.82 Å². The highest BCUT2D eigenvalue weighted by atomic mass is 32.2. The predicted molar refractivity (Wildman–Crippen MR) is 132 cm³/mol. The minimum atomic E-state index is -1.07. The summed E-state index contributed by atoms with van der Waals surface area (Å²) in [6, 6.07) is 10.2. The van der Waals surface area contributed by atoms with Gasteiger partial charge in [0.25, 0.3) is 0 Å². The highest BCUT2D eigenvalue weighted by molar-refractivity contribution is 7.99. The first-order chi connectivity index (χ1) is 17.1. The maximum Gasteiger partial charge on any atom is 0.191 e. The lowest BCUT2D eigenvalue weighted by Crippen LogP contribution is -2.33. The molecule has 2 saturated carbocycles. The molecule has 2 aromatic heterocycles. The average molecular weight is 501 g/mol. The average Bonchev–Trinajstić information content (AvgIpc) is 3.43. The van der Waals surface area contributed by atoms with Crippen LogP contribution in [0.5, 0.6) is 0 Å². The summed E-state index contributed by atoms with van der Waals surface area (Å²) in [6.45, 7) is 2.44. The van der Waals surface area contributed by atoms with E-state index in [9.17, 15) is 10.2 Å². The number of hydrogen-bond donors (Lipinski definition) is 4. The predicted octanol–water partition coefficient (Wildman–Crippen LogP) is 2.13. The van der Waals surface area contributed by atoms with Gasteiger partial charge in [-0.15, -0.1) is 5.10 Å². The molecule has 10 nitrogen and oxygen atoms in total. The normalized spacial score (nSPS) is 28.0. The Morgan fingerprint density at radius 3 is 2.74 bits per heavy atom. The van der Waals surface area contributed by atoms with Gasteiger partial charge in [-0.05, 0) is 24.8 Å². The number of nitrogens with one attached hydrogen (secondary N) is 1. The molecule has 0 radical (unpaired) electrons. The topological polar surface area (TPSA) is 138 Å². The van der Waals surface area contributed by atoms with E-state index >= 15 is 0 Å². The molecular weight excluding hydrogens is 468 g/mol.